The van der Waals surface area contributed by atoms with Gasteiger partial charge in [-0.15, -0.1) is 0 Å². The van der Waals surface area contributed by atoms with E-state index in [2.05, 4.69) is 62.7 Å². The Labute approximate surface area is 159 Å². The molecule has 2 aliphatic rings. The number of ether oxygens (including phenoxy) is 1. The first kappa shape index (κ1) is 18.7. The van der Waals surface area contributed by atoms with Crippen molar-refractivity contribution < 1.29 is 4.74 Å². The van der Waals surface area contributed by atoms with Crippen molar-refractivity contribution in [1.82, 2.24) is 15.5 Å². The SMILES string of the molecule is CCNC(=NCC1(c2ccccc2Br)CC1)NCCN1CCOCC1. The highest BCUT2D eigenvalue weighted by molar-refractivity contribution is 9.10. The molecule has 0 unspecified atom stereocenters. The Morgan fingerprint density at radius 3 is 2.68 bits per heavy atom. The molecule has 138 valence electrons. The van der Waals surface area contributed by atoms with Gasteiger partial charge in [0.1, 0.15) is 0 Å². The van der Waals surface area contributed by atoms with Crippen LogP contribution in [0.4, 0.5) is 0 Å². The highest BCUT2D eigenvalue weighted by atomic mass is 79.9. The van der Waals surface area contributed by atoms with Gasteiger partial charge in [0.2, 0.25) is 0 Å². The van der Waals surface area contributed by atoms with Crippen molar-refractivity contribution in [2.24, 2.45) is 4.99 Å². The molecule has 1 saturated carbocycles. The van der Waals surface area contributed by atoms with Crippen LogP contribution in [-0.4, -0.2) is 63.3 Å². The molecule has 0 amide bonds. The van der Waals surface area contributed by atoms with Crippen LogP contribution in [-0.2, 0) is 10.2 Å². The number of hydrogen-bond acceptors (Lipinski definition) is 3. The summed E-state index contributed by atoms with van der Waals surface area (Å²) in [6.07, 6.45) is 2.43. The number of halogens is 1. The first-order chi connectivity index (χ1) is 12.2. The van der Waals surface area contributed by atoms with Gasteiger partial charge in [-0.3, -0.25) is 9.89 Å². The number of morpholine rings is 1. The predicted molar refractivity (Wildman–Crippen MR) is 106 cm³/mol. The number of rotatable bonds is 7. The largest absolute Gasteiger partial charge is 0.379 e. The van der Waals surface area contributed by atoms with Crippen LogP contribution in [0.5, 0.6) is 0 Å². The van der Waals surface area contributed by atoms with E-state index < -0.39 is 0 Å². The zero-order valence-corrected chi connectivity index (χ0v) is 16.6. The van der Waals surface area contributed by atoms with E-state index in [1.54, 1.807) is 0 Å². The Morgan fingerprint density at radius 1 is 1.24 bits per heavy atom. The van der Waals surface area contributed by atoms with Crippen LogP contribution in [0.1, 0.15) is 25.3 Å². The molecular formula is C19H29BrN4O. The minimum absolute atomic E-state index is 0.215. The van der Waals surface area contributed by atoms with E-state index in [1.165, 1.54) is 22.9 Å². The second-order valence-electron chi connectivity index (χ2n) is 6.84. The summed E-state index contributed by atoms with van der Waals surface area (Å²) in [6, 6.07) is 8.55. The minimum atomic E-state index is 0.215. The fourth-order valence-corrected chi connectivity index (χ4v) is 3.99. The Kier molecular flexibility index (Phi) is 6.73. The molecule has 1 aromatic carbocycles. The summed E-state index contributed by atoms with van der Waals surface area (Å²) in [5.74, 6) is 0.925. The van der Waals surface area contributed by atoms with E-state index in [9.17, 15) is 0 Å². The molecule has 1 aliphatic carbocycles. The number of nitrogens with one attached hydrogen (secondary N) is 2. The Morgan fingerprint density at radius 2 is 2.00 bits per heavy atom. The number of aliphatic imine (C=N–C) groups is 1. The second kappa shape index (κ2) is 9.01. The molecule has 25 heavy (non-hydrogen) atoms. The highest BCUT2D eigenvalue weighted by Gasteiger charge is 2.45. The number of hydrogen-bond donors (Lipinski definition) is 2. The third kappa shape index (κ3) is 5.19. The van der Waals surface area contributed by atoms with Crippen molar-refractivity contribution in [3.8, 4) is 0 Å². The molecule has 1 saturated heterocycles. The van der Waals surface area contributed by atoms with Crippen LogP contribution in [0.3, 0.4) is 0 Å². The smallest absolute Gasteiger partial charge is 0.191 e. The Balaban J connectivity index is 1.54. The minimum Gasteiger partial charge on any atom is -0.379 e. The lowest BCUT2D eigenvalue weighted by molar-refractivity contribution is 0.0389. The van der Waals surface area contributed by atoms with Gasteiger partial charge < -0.3 is 15.4 Å². The van der Waals surface area contributed by atoms with Crippen molar-refractivity contribution >= 4 is 21.9 Å². The standard InChI is InChI=1S/C19H29BrN4O/c1-2-21-18(22-9-10-24-11-13-25-14-12-24)23-15-19(7-8-19)16-5-3-4-6-17(16)20/h3-6H,2,7-15H2,1H3,(H2,21,22,23). The van der Waals surface area contributed by atoms with Crippen molar-refractivity contribution in [1.29, 1.82) is 0 Å². The lowest BCUT2D eigenvalue weighted by Gasteiger charge is -2.26. The first-order valence-electron chi connectivity index (χ1n) is 9.31. The van der Waals surface area contributed by atoms with E-state index in [1.807, 2.05) is 0 Å². The Bertz CT molecular complexity index is 583. The van der Waals surface area contributed by atoms with E-state index in [4.69, 9.17) is 9.73 Å². The molecular weight excluding hydrogens is 380 g/mol. The summed E-state index contributed by atoms with van der Waals surface area (Å²) in [6.45, 7) is 9.52. The molecule has 0 aromatic heterocycles. The van der Waals surface area contributed by atoms with Crippen molar-refractivity contribution in [2.45, 2.75) is 25.2 Å². The third-order valence-corrected chi connectivity index (χ3v) is 5.70. The van der Waals surface area contributed by atoms with Crippen molar-refractivity contribution in [3.05, 3.63) is 34.3 Å². The number of benzene rings is 1. The van der Waals surface area contributed by atoms with Gasteiger partial charge in [0.15, 0.2) is 5.96 Å². The monoisotopic (exact) mass is 408 g/mol. The average molecular weight is 409 g/mol. The van der Waals surface area contributed by atoms with Crippen LogP contribution in [0.25, 0.3) is 0 Å². The van der Waals surface area contributed by atoms with Gasteiger partial charge in [-0.25, -0.2) is 0 Å². The summed E-state index contributed by atoms with van der Waals surface area (Å²) in [5.41, 5.74) is 1.61. The van der Waals surface area contributed by atoms with E-state index in [0.29, 0.717) is 0 Å². The van der Waals surface area contributed by atoms with Gasteiger partial charge in [-0.1, -0.05) is 34.1 Å². The lowest BCUT2D eigenvalue weighted by Crippen LogP contribution is -2.44. The van der Waals surface area contributed by atoms with Gasteiger partial charge >= 0.3 is 0 Å². The number of guanidine groups is 1. The van der Waals surface area contributed by atoms with Crippen LogP contribution < -0.4 is 10.6 Å². The highest BCUT2D eigenvalue weighted by Crippen LogP contribution is 2.50. The molecule has 0 radical (unpaired) electrons. The summed E-state index contributed by atoms with van der Waals surface area (Å²) in [7, 11) is 0. The predicted octanol–water partition coefficient (Wildman–Crippen LogP) is 2.37. The van der Waals surface area contributed by atoms with Gasteiger partial charge in [0.05, 0.1) is 19.8 Å². The van der Waals surface area contributed by atoms with Crippen molar-refractivity contribution in [3.63, 3.8) is 0 Å². The zero-order chi connectivity index (χ0) is 17.5. The molecule has 0 spiro atoms. The molecule has 0 atom stereocenters. The lowest BCUT2D eigenvalue weighted by atomic mass is 9.96. The fourth-order valence-electron chi connectivity index (χ4n) is 3.28. The molecule has 1 aliphatic heterocycles. The second-order valence-corrected chi connectivity index (χ2v) is 7.69. The quantitative estimate of drug-likeness (QED) is 0.536. The summed E-state index contributed by atoms with van der Waals surface area (Å²) in [4.78, 5) is 7.31. The number of nitrogens with zero attached hydrogens (tertiary/aromatic N) is 2. The van der Waals surface area contributed by atoms with Crippen LogP contribution in [0, 0.1) is 0 Å². The topological polar surface area (TPSA) is 48.9 Å². The molecule has 1 aromatic rings. The summed E-state index contributed by atoms with van der Waals surface area (Å²) in [5, 5.41) is 6.85. The molecule has 2 N–H and O–H groups in total. The molecule has 5 nitrogen and oxygen atoms in total. The maximum absolute atomic E-state index is 5.40. The summed E-state index contributed by atoms with van der Waals surface area (Å²) >= 11 is 3.70. The van der Waals surface area contributed by atoms with Crippen LogP contribution in [0.2, 0.25) is 0 Å². The maximum atomic E-state index is 5.40. The fraction of sp³-hybridized carbons (Fsp3) is 0.632. The molecule has 3 rings (SSSR count). The third-order valence-electron chi connectivity index (χ3n) is 5.01. The molecule has 1 heterocycles. The Hall–Kier alpha value is -1.11. The normalized spacial score (nSPS) is 20.3. The molecule has 6 heteroatoms. The zero-order valence-electron chi connectivity index (χ0n) is 15.1. The van der Waals surface area contributed by atoms with E-state index in [-0.39, 0.29) is 5.41 Å². The van der Waals surface area contributed by atoms with Gasteiger partial charge in [-0.2, -0.15) is 0 Å². The average Bonchev–Trinajstić information content (AvgIpc) is 3.42. The van der Waals surface area contributed by atoms with Crippen LogP contribution >= 0.6 is 15.9 Å². The van der Waals surface area contributed by atoms with Crippen molar-refractivity contribution in [2.75, 3.05) is 52.5 Å². The first-order valence-corrected chi connectivity index (χ1v) is 10.1. The molecule has 2 fully saturated rings. The van der Waals surface area contributed by atoms with Crippen LogP contribution in [0.15, 0.2) is 33.7 Å². The van der Waals surface area contributed by atoms with E-state index >= 15 is 0 Å². The van der Waals surface area contributed by atoms with Gasteiger partial charge in [0.25, 0.3) is 0 Å². The molecule has 0 bridgehead atoms. The maximum Gasteiger partial charge on any atom is 0.191 e. The summed E-state index contributed by atoms with van der Waals surface area (Å²) < 4.78 is 6.60. The van der Waals surface area contributed by atoms with E-state index in [0.717, 1.165) is 58.4 Å². The van der Waals surface area contributed by atoms with Gasteiger partial charge in [0, 0.05) is 42.6 Å². The van der Waals surface area contributed by atoms with Gasteiger partial charge in [-0.05, 0) is 31.4 Å².